The quantitative estimate of drug-likeness (QED) is 0.430. The van der Waals surface area contributed by atoms with Crippen LogP contribution in [0.5, 0.6) is 5.75 Å². The Kier molecular flexibility index (Phi) is 3.10. The lowest BCUT2D eigenvalue weighted by molar-refractivity contribution is -0.158. The summed E-state index contributed by atoms with van der Waals surface area (Å²) in [5.74, 6) is -2.60. The van der Waals surface area contributed by atoms with E-state index in [9.17, 15) is 9.59 Å². The molecule has 0 aliphatic carbocycles. The van der Waals surface area contributed by atoms with Gasteiger partial charge in [0.05, 0.1) is 5.52 Å². The first kappa shape index (κ1) is 13.2. The van der Waals surface area contributed by atoms with Crippen LogP contribution in [0.4, 0.5) is 0 Å². The minimum absolute atomic E-state index is 0.281. The first-order valence-electron chi connectivity index (χ1n) is 6.59. The van der Waals surface area contributed by atoms with Crippen molar-refractivity contribution in [2.24, 2.45) is 0 Å². The maximum atomic E-state index is 11.3. The number of aromatic nitrogens is 1. The summed E-state index contributed by atoms with van der Waals surface area (Å²) < 4.78 is 4.94. The van der Waals surface area contributed by atoms with Crippen LogP contribution in [0.1, 0.15) is 12.5 Å². The summed E-state index contributed by atoms with van der Waals surface area (Å²) in [7, 11) is 0. The number of esters is 1. The molecule has 0 unspecified atom stereocenters. The van der Waals surface area contributed by atoms with Crippen molar-refractivity contribution in [3.63, 3.8) is 0 Å². The number of para-hydroxylation sites is 1. The van der Waals surface area contributed by atoms with Crippen LogP contribution < -0.4 is 4.74 Å². The number of aliphatic carboxylic acids is 1. The fourth-order valence-corrected chi connectivity index (χ4v) is 2.55. The number of H-pyrrole nitrogens is 1. The van der Waals surface area contributed by atoms with E-state index < -0.39 is 11.9 Å². The Balaban J connectivity index is 2.21. The Morgan fingerprint density at radius 2 is 1.90 bits per heavy atom. The summed E-state index contributed by atoms with van der Waals surface area (Å²) in [5, 5.41) is 10.8. The van der Waals surface area contributed by atoms with Gasteiger partial charge in [0.25, 0.3) is 0 Å². The van der Waals surface area contributed by atoms with Crippen LogP contribution in [0.2, 0.25) is 0 Å². The molecular formula is C16H13NO4. The van der Waals surface area contributed by atoms with Gasteiger partial charge in [0.15, 0.2) is 0 Å². The van der Waals surface area contributed by atoms with Crippen LogP contribution >= 0.6 is 0 Å². The molecule has 0 spiro atoms. The van der Waals surface area contributed by atoms with Crippen molar-refractivity contribution in [2.75, 3.05) is 0 Å². The molecule has 3 aromatic rings. The second-order valence-electron chi connectivity index (χ2n) is 4.68. The molecule has 1 heterocycles. The lowest BCUT2D eigenvalue weighted by Crippen LogP contribution is -2.19. The number of aryl methyl sites for hydroxylation is 1. The van der Waals surface area contributed by atoms with Crippen molar-refractivity contribution in [3.05, 3.63) is 42.0 Å². The third-order valence-electron chi connectivity index (χ3n) is 3.48. The van der Waals surface area contributed by atoms with E-state index in [0.29, 0.717) is 6.42 Å². The second-order valence-corrected chi connectivity index (χ2v) is 4.68. The summed E-state index contributed by atoms with van der Waals surface area (Å²) in [6, 6.07) is 11.3. The summed E-state index contributed by atoms with van der Waals surface area (Å²) >= 11 is 0. The average molecular weight is 283 g/mol. The molecule has 0 bridgehead atoms. The minimum Gasteiger partial charge on any atom is -0.473 e. The Morgan fingerprint density at radius 3 is 2.62 bits per heavy atom. The van der Waals surface area contributed by atoms with Gasteiger partial charge in [0.2, 0.25) is 0 Å². The molecule has 0 aliphatic heterocycles. The highest BCUT2D eigenvalue weighted by Gasteiger charge is 2.18. The van der Waals surface area contributed by atoms with Gasteiger partial charge in [-0.15, -0.1) is 0 Å². The van der Waals surface area contributed by atoms with E-state index in [1.807, 2.05) is 37.3 Å². The molecular weight excluding hydrogens is 270 g/mol. The highest BCUT2D eigenvalue weighted by atomic mass is 16.6. The normalized spacial score (nSPS) is 10.9. The van der Waals surface area contributed by atoms with Crippen molar-refractivity contribution in [1.82, 2.24) is 4.98 Å². The van der Waals surface area contributed by atoms with Crippen molar-refractivity contribution < 1.29 is 19.4 Å². The highest BCUT2D eigenvalue weighted by molar-refractivity contribution is 6.29. The van der Waals surface area contributed by atoms with Crippen LogP contribution in [0.3, 0.4) is 0 Å². The number of carboxylic acid groups (broad SMARTS) is 1. The summed E-state index contributed by atoms with van der Waals surface area (Å²) in [5.41, 5.74) is 2.65. The minimum atomic E-state index is -1.60. The van der Waals surface area contributed by atoms with E-state index in [-0.39, 0.29) is 5.75 Å². The smallest absolute Gasteiger partial charge is 0.422 e. The largest absolute Gasteiger partial charge is 0.473 e. The topological polar surface area (TPSA) is 79.4 Å². The molecule has 0 atom stereocenters. The van der Waals surface area contributed by atoms with E-state index in [1.165, 1.54) is 0 Å². The van der Waals surface area contributed by atoms with Crippen molar-refractivity contribution in [3.8, 4) is 5.75 Å². The number of carbonyl (C=O) groups is 2. The van der Waals surface area contributed by atoms with Gasteiger partial charge in [-0.1, -0.05) is 25.1 Å². The molecule has 2 aromatic carbocycles. The Morgan fingerprint density at radius 1 is 1.14 bits per heavy atom. The number of hydrogen-bond acceptors (Lipinski definition) is 3. The number of nitrogens with one attached hydrogen (secondary N) is 1. The van der Waals surface area contributed by atoms with Crippen LogP contribution in [-0.4, -0.2) is 22.0 Å². The monoisotopic (exact) mass is 283 g/mol. The number of benzene rings is 2. The highest BCUT2D eigenvalue weighted by Crippen LogP contribution is 2.33. The zero-order chi connectivity index (χ0) is 15.0. The van der Waals surface area contributed by atoms with Gasteiger partial charge in [-0.05, 0) is 24.6 Å². The predicted molar refractivity (Wildman–Crippen MR) is 78.5 cm³/mol. The van der Waals surface area contributed by atoms with Gasteiger partial charge >= 0.3 is 11.9 Å². The maximum absolute atomic E-state index is 11.3. The zero-order valence-electron chi connectivity index (χ0n) is 11.3. The van der Waals surface area contributed by atoms with Crippen LogP contribution in [0.15, 0.2) is 36.4 Å². The average Bonchev–Trinajstić information content (AvgIpc) is 2.85. The third-order valence-corrected chi connectivity index (χ3v) is 3.48. The number of aromatic amines is 1. The van der Waals surface area contributed by atoms with E-state index in [0.717, 1.165) is 27.4 Å². The SMILES string of the molecule is CCc1c(OC(=O)C(=O)O)ccc2c1[nH]c1ccccc12. The van der Waals surface area contributed by atoms with Crippen LogP contribution in [0.25, 0.3) is 21.8 Å². The van der Waals surface area contributed by atoms with E-state index in [2.05, 4.69) is 4.98 Å². The van der Waals surface area contributed by atoms with E-state index >= 15 is 0 Å². The molecule has 21 heavy (non-hydrogen) atoms. The molecule has 2 N–H and O–H groups in total. The summed E-state index contributed by atoms with van der Waals surface area (Å²) in [4.78, 5) is 25.2. The van der Waals surface area contributed by atoms with Crippen LogP contribution in [0, 0.1) is 0 Å². The number of ether oxygens (including phenoxy) is 1. The Bertz CT molecular complexity index is 863. The summed E-state index contributed by atoms with van der Waals surface area (Å²) in [6.07, 6.45) is 0.617. The molecule has 0 amide bonds. The predicted octanol–water partition coefficient (Wildman–Crippen LogP) is 2.87. The molecule has 0 radical (unpaired) electrons. The standard InChI is InChI=1S/C16H13NO4/c1-2-9-13(21-16(20)15(18)19)8-7-11-10-5-3-4-6-12(10)17-14(9)11/h3-8,17H,2H2,1H3,(H,18,19). The van der Waals surface area contributed by atoms with Gasteiger partial charge in [0, 0.05) is 21.9 Å². The third kappa shape index (κ3) is 2.12. The molecule has 106 valence electrons. The molecule has 0 saturated heterocycles. The fourth-order valence-electron chi connectivity index (χ4n) is 2.55. The molecule has 5 heteroatoms. The van der Waals surface area contributed by atoms with Crippen molar-refractivity contribution in [2.45, 2.75) is 13.3 Å². The van der Waals surface area contributed by atoms with Gasteiger partial charge in [0.1, 0.15) is 5.75 Å². The van der Waals surface area contributed by atoms with E-state index in [1.54, 1.807) is 6.07 Å². The number of fused-ring (bicyclic) bond motifs is 3. The molecule has 3 rings (SSSR count). The molecule has 5 nitrogen and oxygen atoms in total. The fraction of sp³-hybridized carbons (Fsp3) is 0.125. The first-order valence-corrected chi connectivity index (χ1v) is 6.59. The first-order chi connectivity index (χ1) is 10.1. The van der Waals surface area contributed by atoms with Crippen molar-refractivity contribution >= 4 is 33.7 Å². The van der Waals surface area contributed by atoms with Gasteiger partial charge in [-0.25, -0.2) is 9.59 Å². The lowest BCUT2D eigenvalue weighted by Gasteiger charge is -2.08. The number of hydrogen-bond donors (Lipinski definition) is 2. The number of rotatable bonds is 2. The molecule has 1 aromatic heterocycles. The summed E-state index contributed by atoms with van der Waals surface area (Å²) in [6.45, 7) is 1.93. The molecule has 0 saturated carbocycles. The van der Waals surface area contributed by atoms with Gasteiger partial charge < -0.3 is 14.8 Å². The second kappa shape index (κ2) is 4.94. The molecule has 0 fully saturated rings. The number of carbonyl (C=O) groups excluding carboxylic acids is 1. The zero-order valence-corrected chi connectivity index (χ0v) is 11.3. The van der Waals surface area contributed by atoms with Crippen LogP contribution in [-0.2, 0) is 16.0 Å². The van der Waals surface area contributed by atoms with E-state index in [4.69, 9.17) is 9.84 Å². The van der Waals surface area contributed by atoms with Crippen molar-refractivity contribution in [1.29, 1.82) is 0 Å². The van der Waals surface area contributed by atoms with Gasteiger partial charge in [-0.2, -0.15) is 0 Å². The lowest BCUT2D eigenvalue weighted by atomic mass is 10.1. The number of carboxylic acids is 1. The molecule has 0 aliphatic rings. The van der Waals surface area contributed by atoms with Gasteiger partial charge in [-0.3, -0.25) is 0 Å². The Labute approximate surface area is 120 Å². The Hall–Kier alpha value is -2.82. The maximum Gasteiger partial charge on any atom is 0.422 e.